The maximum absolute atomic E-state index is 11.9. The van der Waals surface area contributed by atoms with Crippen molar-refractivity contribution in [3.63, 3.8) is 0 Å². The first-order valence-electron chi connectivity index (χ1n) is 4.97. The maximum Gasteiger partial charge on any atom is 0.474 e. The van der Waals surface area contributed by atoms with Gasteiger partial charge in [0.25, 0.3) is 0 Å². The highest BCUT2D eigenvalue weighted by Crippen LogP contribution is 2.49. The van der Waals surface area contributed by atoms with Gasteiger partial charge in [-0.3, -0.25) is 13.6 Å². The molecule has 0 radical (unpaired) electrons. The van der Waals surface area contributed by atoms with Gasteiger partial charge in [0.1, 0.15) is 0 Å². The van der Waals surface area contributed by atoms with Crippen molar-refractivity contribution >= 4 is 58.6 Å². The summed E-state index contributed by atoms with van der Waals surface area (Å²) in [7, 11) is -3.50. The first-order valence-corrected chi connectivity index (χ1v) is 8.48. The molecule has 0 heterocycles. The molecule has 0 aromatic heterocycles. The smallest absolute Gasteiger partial charge is 0.287 e. The van der Waals surface area contributed by atoms with Crippen LogP contribution in [0.15, 0.2) is 0 Å². The molecule has 0 saturated carbocycles. The Morgan fingerprint density at radius 3 is 2.00 bits per heavy atom. The molecule has 1 atom stereocenters. The van der Waals surface area contributed by atoms with E-state index in [1.54, 1.807) is 13.8 Å². The van der Waals surface area contributed by atoms with Gasteiger partial charge in [0, 0.05) is 11.2 Å². The van der Waals surface area contributed by atoms with E-state index >= 15 is 0 Å². The fourth-order valence-corrected chi connectivity index (χ4v) is 4.07. The van der Waals surface area contributed by atoms with Crippen molar-refractivity contribution in [2.75, 3.05) is 19.8 Å². The predicted octanol–water partition coefficient (Wildman–Crippen LogP) is 4.71. The van der Waals surface area contributed by atoms with E-state index in [2.05, 4.69) is 15.9 Å². The van der Waals surface area contributed by atoms with Gasteiger partial charge < -0.3 is 0 Å². The summed E-state index contributed by atoms with van der Waals surface area (Å²) >= 11 is 20.1. The van der Waals surface area contributed by atoms with E-state index in [9.17, 15) is 4.57 Å². The summed E-state index contributed by atoms with van der Waals surface area (Å²) in [6.07, 6.45) is 0.218. The molecular weight excluding hydrogens is 377 g/mol. The summed E-state index contributed by atoms with van der Waals surface area (Å²) in [6, 6.07) is 0. The molecule has 0 aromatic rings. The lowest BCUT2D eigenvalue weighted by Crippen LogP contribution is -2.17. The molecule has 0 amide bonds. The third kappa shape index (κ3) is 9.97. The Kier molecular flexibility index (Phi) is 9.33. The molecule has 0 aromatic carbocycles. The summed E-state index contributed by atoms with van der Waals surface area (Å²) in [6.45, 7) is 3.92. The van der Waals surface area contributed by atoms with Crippen molar-refractivity contribution in [3.8, 4) is 0 Å². The lowest BCUT2D eigenvalue weighted by molar-refractivity contribution is 0.122. The molecule has 0 saturated heterocycles. The fourth-order valence-electron chi connectivity index (χ4n) is 0.910. The van der Waals surface area contributed by atoms with Gasteiger partial charge in [-0.2, -0.15) is 0 Å². The monoisotopic (exact) mass is 390 g/mol. The molecular formula is C8H15BrCl3O4P. The van der Waals surface area contributed by atoms with Crippen LogP contribution in [0, 0.1) is 0 Å². The molecule has 0 bridgehead atoms. The van der Waals surface area contributed by atoms with E-state index in [1.165, 1.54) is 0 Å². The van der Waals surface area contributed by atoms with Crippen LogP contribution in [0.4, 0.5) is 0 Å². The molecule has 0 aliphatic carbocycles. The van der Waals surface area contributed by atoms with Gasteiger partial charge in [-0.1, -0.05) is 50.7 Å². The summed E-state index contributed by atoms with van der Waals surface area (Å²) in [4.78, 5) is -0.260. The van der Waals surface area contributed by atoms with E-state index in [0.29, 0.717) is 0 Å². The normalized spacial score (nSPS) is 14.9. The van der Waals surface area contributed by atoms with Crippen molar-refractivity contribution in [2.45, 2.75) is 28.9 Å². The zero-order valence-corrected chi connectivity index (χ0v) is 14.2. The Bertz CT molecular complexity index is 252. The highest BCUT2D eigenvalue weighted by atomic mass is 79.9. The van der Waals surface area contributed by atoms with Crippen LogP contribution in [0.25, 0.3) is 0 Å². The van der Waals surface area contributed by atoms with Gasteiger partial charge in [0.15, 0.2) is 3.79 Å². The minimum absolute atomic E-state index is 0.0607. The van der Waals surface area contributed by atoms with Crippen LogP contribution in [0.2, 0.25) is 0 Å². The van der Waals surface area contributed by atoms with Crippen molar-refractivity contribution in [1.82, 2.24) is 0 Å². The van der Waals surface area contributed by atoms with Gasteiger partial charge in [0.2, 0.25) is 0 Å². The molecule has 9 heteroatoms. The Morgan fingerprint density at radius 2 is 1.65 bits per heavy atom. The van der Waals surface area contributed by atoms with Crippen molar-refractivity contribution < 1.29 is 18.1 Å². The number of phosphoric acid groups is 1. The van der Waals surface area contributed by atoms with Gasteiger partial charge in [-0.05, 0) is 13.8 Å². The van der Waals surface area contributed by atoms with Crippen LogP contribution in [0.3, 0.4) is 0 Å². The lowest BCUT2D eigenvalue weighted by Gasteiger charge is -2.20. The van der Waals surface area contributed by atoms with Crippen LogP contribution in [-0.2, 0) is 18.1 Å². The Morgan fingerprint density at radius 1 is 1.18 bits per heavy atom. The van der Waals surface area contributed by atoms with Crippen molar-refractivity contribution in [3.05, 3.63) is 0 Å². The second-order valence-corrected chi connectivity index (χ2v) is 8.48. The van der Waals surface area contributed by atoms with Crippen LogP contribution in [0.1, 0.15) is 20.3 Å². The summed E-state index contributed by atoms with van der Waals surface area (Å²) in [5, 5.41) is 0. The molecule has 17 heavy (non-hydrogen) atoms. The Labute approximate surface area is 125 Å². The summed E-state index contributed by atoms with van der Waals surface area (Å²) < 4.78 is 25.5. The standard InChI is InChI=1S/C8H15BrCl3O4P/c1-3-14-17(13,15-4-2)16-6-7(9)5-8(10,11)12/h7H,3-6H2,1-2H3. The SMILES string of the molecule is CCOP(=O)(OCC)OCC(Br)CC(Cl)(Cl)Cl. The Hall–Kier alpha value is 1.46. The van der Waals surface area contributed by atoms with Crippen LogP contribution < -0.4 is 0 Å². The first kappa shape index (κ1) is 18.5. The van der Waals surface area contributed by atoms with Crippen LogP contribution in [0.5, 0.6) is 0 Å². The molecule has 0 N–H and O–H groups in total. The highest BCUT2D eigenvalue weighted by Gasteiger charge is 2.29. The van der Waals surface area contributed by atoms with Crippen LogP contribution >= 0.6 is 58.6 Å². The third-order valence-corrected chi connectivity index (χ3v) is 4.11. The molecule has 0 aliphatic heterocycles. The van der Waals surface area contributed by atoms with Crippen LogP contribution in [-0.4, -0.2) is 28.4 Å². The van der Waals surface area contributed by atoms with Crippen molar-refractivity contribution in [2.24, 2.45) is 0 Å². The second-order valence-electron chi connectivity index (χ2n) is 3.00. The molecule has 104 valence electrons. The molecule has 0 fully saturated rings. The molecule has 0 rings (SSSR count). The number of halogens is 4. The second kappa shape index (κ2) is 8.60. The zero-order chi connectivity index (χ0) is 13.5. The third-order valence-electron chi connectivity index (χ3n) is 1.44. The van der Waals surface area contributed by atoms with E-state index in [1.807, 2.05) is 0 Å². The predicted molar refractivity (Wildman–Crippen MR) is 74.4 cm³/mol. The van der Waals surface area contributed by atoms with Gasteiger partial charge >= 0.3 is 7.82 Å². The van der Waals surface area contributed by atoms with Gasteiger partial charge in [-0.25, -0.2) is 4.57 Å². The first-order chi connectivity index (χ1) is 7.72. The molecule has 0 spiro atoms. The maximum atomic E-state index is 11.9. The quantitative estimate of drug-likeness (QED) is 0.443. The molecule has 4 nitrogen and oxygen atoms in total. The number of phosphoric ester groups is 1. The zero-order valence-electron chi connectivity index (χ0n) is 9.50. The number of hydrogen-bond donors (Lipinski definition) is 0. The lowest BCUT2D eigenvalue weighted by atomic mass is 10.3. The minimum atomic E-state index is -3.50. The Balaban J connectivity index is 4.17. The topological polar surface area (TPSA) is 44.8 Å². The van der Waals surface area contributed by atoms with Gasteiger partial charge in [0.05, 0.1) is 19.8 Å². The number of rotatable bonds is 8. The van der Waals surface area contributed by atoms with E-state index < -0.39 is 11.6 Å². The molecule has 1 unspecified atom stereocenters. The van der Waals surface area contributed by atoms with Gasteiger partial charge in [-0.15, -0.1) is 0 Å². The van der Waals surface area contributed by atoms with E-state index in [0.717, 1.165) is 0 Å². The molecule has 0 aliphatic rings. The average molecular weight is 392 g/mol. The average Bonchev–Trinajstić information content (AvgIpc) is 2.13. The van der Waals surface area contributed by atoms with E-state index in [4.69, 9.17) is 48.4 Å². The summed E-state index contributed by atoms with van der Waals surface area (Å²) in [5.41, 5.74) is 0. The highest BCUT2D eigenvalue weighted by molar-refractivity contribution is 9.09. The largest absolute Gasteiger partial charge is 0.474 e. The summed E-state index contributed by atoms with van der Waals surface area (Å²) in [5.74, 6) is 0. The number of hydrogen-bond acceptors (Lipinski definition) is 4. The fraction of sp³-hybridized carbons (Fsp3) is 1.00. The van der Waals surface area contributed by atoms with Crippen molar-refractivity contribution in [1.29, 1.82) is 0 Å². The minimum Gasteiger partial charge on any atom is -0.287 e. The number of alkyl halides is 4. The van der Waals surface area contributed by atoms with E-state index in [-0.39, 0.29) is 31.1 Å².